The maximum Gasteiger partial charge on any atom is 0.258 e. The molecule has 2 aromatic carbocycles. The fraction of sp³-hybridized carbons (Fsp3) is 0.105. The van der Waals surface area contributed by atoms with Crippen molar-refractivity contribution in [3.05, 3.63) is 76.2 Å². The molecule has 0 bridgehead atoms. The SMILES string of the molecule is COc1ccc(C(=O)Nc2ccccc2SCc2ccsc2)c(F)c1. The summed E-state index contributed by atoms with van der Waals surface area (Å²) in [5.74, 6) is 0.0950. The molecule has 0 atom stereocenters. The van der Waals surface area contributed by atoms with E-state index in [1.165, 1.54) is 24.8 Å². The van der Waals surface area contributed by atoms with Crippen molar-refractivity contribution in [1.82, 2.24) is 0 Å². The summed E-state index contributed by atoms with van der Waals surface area (Å²) in [6.45, 7) is 0. The van der Waals surface area contributed by atoms with Gasteiger partial charge in [-0.1, -0.05) is 12.1 Å². The van der Waals surface area contributed by atoms with Crippen LogP contribution >= 0.6 is 23.1 Å². The highest BCUT2D eigenvalue weighted by molar-refractivity contribution is 7.98. The molecule has 25 heavy (non-hydrogen) atoms. The molecule has 0 saturated carbocycles. The summed E-state index contributed by atoms with van der Waals surface area (Å²) in [6, 6.07) is 13.8. The number of carbonyl (C=O) groups is 1. The van der Waals surface area contributed by atoms with Crippen LogP contribution in [0.5, 0.6) is 5.75 Å². The van der Waals surface area contributed by atoms with Crippen LogP contribution < -0.4 is 10.1 Å². The molecule has 0 aliphatic carbocycles. The summed E-state index contributed by atoms with van der Waals surface area (Å²) >= 11 is 3.29. The number of amides is 1. The molecule has 3 nitrogen and oxygen atoms in total. The standard InChI is InChI=1S/C19H16FNO2S2/c1-23-14-6-7-15(16(20)10-14)19(22)21-17-4-2-3-5-18(17)25-12-13-8-9-24-11-13/h2-11H,12H2,1H3,(H,21,22). The number of methoxy groups -OCH3 is 1. The van der Waals surface area contributed by atoms with E-state index in [0.29, 0.717) is 11.4 Å². The zero-order chi connectivity index (χ0) is 17.6. The first-order valence-electron chi connectivity index (χ1n) is 7.55. The van der Waals surface area contributed by atoms with Crippen molar-refractivity contribution < 1.29 is 13.9 Å². The molecule has 1 heterocycles. The molecule has 0 spiro atoms. The number of halogens is 1. The fourth-order valence-corrected chi connectivity index (χ4v) is 3.95. The highest BCUT2D eigenvalue weighted by Crippen LogP contribution is 2.31. The quantitative estimate of drug-likeness (QED) is 0.585. The Kier molecular flexibility index (Phi) is 5.73. The van der Waals surface area contributed by atoms with Crippen molar-refractivity contribution in [2.24, 2.45) is 0 Å². The van der Waals surface area contributed by atoms with E-state index in [0.717, 1.165) is 10.6 Å². The van der Waals surface area contributed by atoms with Crippen LogP contribution in [-0.4, -0.2) is 13.0 Å². The first-order valence-corrected chi connectivity index (χ1v) is 9.48. The Morgan fingerprint density at radius 1 is 1.24 bits per heavy atom. The molecule has 0 aliphatic rings. The van der Waals surface area contributed by atoms with Crippen LogP contribution in [0.2, 0.25) is 0 Å². The minimum atomic E-state index is -0.611. The number of carbonyl (C=O) groups excluding carboxylic acids is 1. The lowest BCUT2D eigenvalue weighted by Gasteiger charge is -2.11. The lowest BCUT2D eigenvalue weighted by atomic mass is 10.2. The van der Waals surface area contributed by atoms with E-state index >= 15 is 0 Å². The Hall–Kier alpha value is -2.31. The highest BCUT2D eigenvalue weighted by atomic mass is 32.2. The van der Waals surface area contributed by atoms with E-state index in [1.807, 2.05) is 29.6 Å². The molecule has 0 saturated heterocycles. The molecule has 6 heteroatoms. The highest BCUT2D eigenvalue weighted by Gasteiger charge is 2.14. The van der Waals surface area contributed by atoms with Crippen molar-refractivity contribution in [2.45, 2.75) is 10.6 Å². The van der Waals surface area contributed by atoms with Gasteiger partial charge in [-0.2, -0.15) is 11.3 Å². The summed E-state index contributed by atoms with van der Waals surface area (Å²) in [6.07, 6.45) is 0. The summed E-state index contributed by atoms with van der Waals surface area (Å²) in [5, 5.41) is 6.93. The Labute approximate surface area is 153 Å². The van der Waals surface area contributed by atoms with Crippen LogP contribution in [0.3, 0.4) is 0 Å². The van der Waals surface area contributed by atoms with Gasteiger partial charge in [-0.15, -0.1) is 11.8 Å². The predicted molar refractivity (Wildman–Crippen MR) is 101 cm³/mol. The average molecular weight is 373 g/mol. The number of rotatable bonds is 6. The number of anilines is 1. The molecule has 0 aliphatic heterocycles. The monoisotopic (exact) mass is 373 g/mol. The van der Waals surface area contributed by atoms with Gasteiger partial charge >= 0.3 is 0 Å². The smallest absolute Gasteiger partial charge is 0.258 e. The largest absolute Gasteiger partial charge is 0.497 e. The molecule has 128 valence electrons. The zero-order valence-corrected chi connectivity index (χ0v) is 15.1. The first kappa shape index (κ1) is 17.5. The number of benzene rings is 2. The Balaban J connectivity index is 1.75. The lowest BCUT2D eigenvalue weighted by Crippen LogP contribution is -2.14. The number of para-hydroxylation sites is 1. The van der Waals surface area contributed by atoms with Crippen molar-refractivity contribution in [3.63, 3.8) is 0 Å². The van der Waals surface area contributed by atoms with Gasteiger partial charge in [0.05, 0.1) is 18.4 Å². The van der Waals surface area contributed by atoms with Gasteiger partial charge in [0.2, 0.25) is 0 Å². The molecular formula is C19H16FNO2S2. The van der Waals surface area contributed by atoms with Gasteiger partial charge in [-0.3, -0.25) is 4.79 Å². The summed E-state index contributed by atoms with van der Waals surface area (Å²) in [7, 11) is 1.45. The first-order chi connectivity index (χ1) is 12.2. The topological polar surface area (TPSA) is 38.3 Å². The van der Waals surface area contributed by atoms with Crippen LogP contribution in [-0.2, 0) is 5.75 Å². The van der Waals surface area contributed by atoms with Crippen LogP contribution in [0.4, 0.5) is 10.1 Å². The van der Waals surface area contributed by atoms with E-state index in [-0.39, 0.29) is 5.56 Å². The molecule has 1 aromatic heterocycles. The number of hydrogen-bond donors (Lipinski definition) is 1. The third kappa shape index (κ3) is 4.41. The lowest BCUT2D eigenvalue weighted by molar-refractivity contribution is 0.102. The van der Waals surface area contributed by atoms with Gasteiger partial charge in [0.15, 0.2) is 0 Å². The second kappa shape index (κ2) is 8.18. The third-order valence-corrected chi connectivity index (χ3v) is 5.41. The minimum absolute atomic E-state index is 0.0153. The van der Waals surface area contributed by atoms with Gasteiger partial charge in [0.25, 0.3) is 5.91 Å². The normalized spacial score (nSPS) is 10.5. The van der Waals surface area contributed by atoms with E-state index < -0.39 is 11.7 Å². The summed E-state index contributed by atoms with van der Waals surface area (Å²) < 4.78 is 19.0. The van der Waals surface area contributed by atoms with Crippen molar-refractivity contribution in [3.8, 4) is 5.75 Å². The number of ether oxygens (including phenoxy) is 1. The number of nitrogens with one attached hydrogen (secondary N) is 1. The van der Waals surface area contributed by atoms with Crippen molar-refractivity contribution in [1.29, 1.82) is 0 Å². The Bertz CT molecular complexity index is 866. The van der Waals surface area contributed by atoms with E-state index in [4.69, 9.17) is 4.74 Å². The molecule has 1 N–H and O–H groups in total. The Morgan fingerprint density at radius 2 is 2.08 bits per heavy atom. The molecule has 0 unspecified atom stereocenters. The molecule has 3 rings (SSSR count). The van der Waals surface area contributed by atoms with Gasteiger partial charge in [-0.25, -0.2) is 4.39 Å². The number of thiophene rings is 1. The van der Waals surface area contributed by atoms with E-state index in [9.17, 15) is 9.18 Å². The summed E-state index contributed by atoms with van der Waals surface area (Å²) in [5.41, 5.74) is 1.89. The Morgan fingerprint density at radius 3 is 2.80 bits per heavy atom. The number of hydrogen-bond acceptors (Lipinski definition) is 4. The maximum atomic E-state index is 14.1. The van der Waals surface area contributed by atoms with Crippen LogP contribution in [0.15, 0.2) is 64.2 Å². The van der Waals surface area contributed by atoms with Gasteiger partial charge in [0.1, 0.15) is 11.6 Å². The van der Waals surface area contributed by atoms with Crippen molar-refractivity contribution >= 4 is 34.7 Å². The molecule has 3 aromatic rings. The summed E-state index contributed by atoms with van der Waals surface area (Å²) in [4.78, 5) is 13.4. The molecule has 1 amide bonds. The predicted octanol–water partition coefficient (Wildman–Crippen LogP) is 5.44. The van der Waals surface area contributed by atoms with Gasteiger partial charge in [-0.05, 0) is 46.7 Å². The van der Waals surface area contributed by atoms with E-state index in [1.54, 1.807) is 29.2 Å². The third-order valence-electron chi connectivity index (χ3n) is 3.53. The second-order valence-electron chi connectivity index (χ2n) is 5.22. The minimum Gasteiger partial charge on any atom is -0.497 e. The van der Waals surface area contributed by atoms with Crippen LogP contribution in [0.1, 0.15) is 15.9 Å². The second-order valence-corrected chi connectivity index (χ2v) is 7.01. The van der Waals surface area contributed by atoms with Gasteiger partial charge in [0, 0.05) is 16.7 Å². The van der Waals surface area contributed by atoms with Gasteiger partial charge < -0.3 is 10.1 Å². The number of thioether (sulfide) groups is 1. The van der Waals surface area contributed by atoms with Crippen LogP contribution in [0, 0.1) is 5.82 Å². The molecule has 0 radical (unpaired) electrons. The fourth-order valence-electron chi connectivity index (χ4n) is 2.23. The molecule has 0 fully saturated rings. The molecular weight excluding hydrogens is 357 g/mol. The van der Waals surface area contributed by atoms with E-state index in [2.05, 4.69) is 16.8 Å². The maximum absolute atomic E-state index is 14.1. The zero-order valence-electron chi connectivity index (χ0n) is 13.5. The van der Waals surface area contributed by atoms with Crippen molar-refractivity contribution in [2.75, 3.05) is 12.4 Å². The van der Waals surface area contributed by atoms with Crippen LogP contribution in [0.25, 0.3) is 0 Å². The average Bonchev–Trinajstić information content (AvgIpc) is 3.14.